The summed E-state index contributed by atoms with van der Waals surface area (Å²) in [7, 11) is 1.91. The number of hydrogen-bond acceptors (Lipinski definition) is 2. The Bertz CT molecular complexity index is 574. The Balaban J connectivity index is 2.57. The molecule has 0 amide bonds. The molecule has 1 aromatic carbocycles. The van der Waals surface area contributed by atoms with Gasteiger partial charge in [0.05, 0.1) is 5.69 Å². The summed E-state index contributed by atoms with van der Waals surface area (Å²) in [4.78, 5) is 0. The maximum Gasteiger partial charge on any atom is 0.125 e. The van der Waals surface area contributed by atoms with Crippen LogP contribution >= 0.6 is 0 Å². The number of benzene rings is 1. The van der Waals surface area contributed by atoms with Crippen molar-refractivity contribution in [1.82, 2.24) is 9.78 Å². The second-order valence-electron chi connectivity index (χ2n) is 5.81. The highest BCUT2D eigenvalue weighted by Crippen LogP contribution is 2.30. The van der Waals surface area contributed by atoms with Gasteiger partial charge in [0.25, 0.3) is 0 Å². The molecule has 1 aromatic heterocycles. The molecule has 2 N–H and O–H groups in total. The van der Waals surface area contributed by atoms with E-state index in [2.05, 4.69) is 51.0 Å². The molecule has 0 spiro atoms. The summed E-state index contributed by atoms with van der Waals surface area (Å²) >= 11 is 0. The maximum atomic E-state index is 6.17. The van der Waals surface area contributed by atoms with Gasteiger partial charge in [-0.05, 0) is 38.3 Å². The summed E-state index contributed by atoms with van der Waals surface area (Å²) in [5, 5.41) is 4.61. The Morgan fingerprint density at radius 2 is 1.74 bits per heavy atom. The number of nitrogens with two attached hydrogens (primary N) is 1. The van der Waals surface area contributed by atoms with E-state index in [0.29, 0.717) is 5.92 Å². The summed E-state index contributed by atoms with van der Waals surface area (Å²) in [6.07, 6.45) is 0.960. The zero-order chi connectivity index (χ0) is 14.2. The first-order valence-corrected chi connectivity index (χ1v) is 6.78. The number of rotatable bonds is 3. The van der Waals surface area contributed by atoms with Gasteiger partial charge in [-0.3, -0.25) is 4.68 Å². The fourth-order valence-corrected chi connectivity index (χ4v) is 2.53. The van der Waals surface area contributed by atoms with Crippen LogP contribution < -0.4 is 5.73 Å². The van der Waals surface area contributed by atoms with Gasteiger partial charge in [0.1, 0.15) is 5.82 Å². The first kappa shape index (κ1) is 13.7. The smallest absolute Gasteiger partial charge is 0.125 e. The van der Waals surface area contributed by atoms with Gasteiger partial charge in [-0.15, -0.1) is 0 Å². The van der Waals surface area contributed by atoms with Crippen LogP contribution in [-0.4, -0.2) is 9.78 Å². The predicted molar refractivity (Wildman–Crippen MR) is 81.1 cm³/mol. The molecule has 0 fully saturated rings. The van der Waals surface area contributed by atoms with E-state index in [1.165, 1.54) is 22.3 Å². The predicted octanol–water partition coefficient (Wildman–Crippen LogP) is 3.48. The van der Waals surface area contributed by atoms with Crippen LogP contribution in [-0.2, 0) is 13.5 Å². The van der Waals surface area contributed by atoms with Crippen molar-refractivity contribution in [2.24, 2.45) is 13.0 Å². The van der Waals surface area contributed by atoms with Crippen molar-refractivity contribution < 1.29 is 0 Å². The number of anilines is 1. The summed E-state index contributed by atoms with van der Waals surface area (Å²) < 4.78 is 1.78. The van der Waals surface area contributed by atoms with Crippen molar-refractivity contribution >= 4 is 5.82 Å². The third-order valence-corrected chi connectivity index (χ3v) is 3.30. The number of aryl methyl sites for hydroxylation is 3. The second kappa shape index (κ2) is 5.08. The van der Waals surface area contributed by atoms with Gasteiger partial charge in [-0.2, -0.15) is 5.10 Å². The molecule has 102 valence electrons. The van der Waals surface area contributed by atoms with E-state index < -0.39 is 0 Å². The van der Waals surface area contributed by atoms with Gasteiger partial charge in [0, 0.05) is 18.2 Å². The molecule has 2 rings (SSSR count). The van der Waals surface area contributed by atoms with Crippen LogP contribution in [0.1, 0.15) is 30.5 Å². The van der Waals surface area contributed by atoms with Gasteiger partial charge in [-0.1, -0.05) is 31.0 Å². The number of hydrogen-bond donors (Lipinski definition) is 1. The third-order valence-electron chi connectivity index (χ3n) is 3.30. The van der Waals surface area contributed by atoms with E-state index in [-0.39, 0.29) is 0 Å². The van der Waals surface area contributed by atoms with Crippen LogP contribution in [0, 0.1) is 19.8 Å². The molecule has 0 atom stereocenters. The van der Waals surface area contributed by atoms with Crippen LogP contribution in [0.5, 0.6) is 0 Å². The number of aromatic nitrogens is 2. The average Bonchev–Trinajstić information content (AvgIpc) is 2.55. The van der Waals surface area contributed by atoms with Gasteiger partial charge in [0.2, 0.25) is 0 Å². The Hall–Kier alpha value is -1.77. The lowest BCUT2D eigenvalue weighted by molar-refractivity contribution is 0.648. The minimum absolute atomic E-state index is 0.566. The molecule has 2 aromatic rings. The van der Waals surface area contributed by atoms with Crippen LogP contribution in [0.15, 0.2) is 18.2 Å². The zero-order valence-electron chi connectivity index (χ0n) is 12.5. The zero-order valence-corrected chi connectivity index (χ0v) is 12.5. The fourth-order valence-electron chi connectivity index (χ4n) is 2.53. The van der Waals surface area contributed by atoms with Gasteiger partial charge >= 0.3 is 0 Å². The third kappa shape index (κ3) is 2.80. The van der Waals surface area contributed by atoms with Crippen molar-refractivity contribution in [3.05, 3.63) is 34.9 Å². The molecule has 0 aliphatic heterocycles. The first-order chi connectivity index (χ1) is 8.88. The maximum absolute atomic E-state index is 6.17. The highest BCUT2D eigenvalue weighted by Gasteiger charge is 2.16. The van der Waals surface area contributed by atoms with Crippen molar-refractivity contribution in [1.29, 1.82) is 0 Å². The van der Waals surface area contributed by atoms with E-state index in [0.717, 1.165) is 17.9 Å². The second-order valence-corrected chi connectivity index (χ2v) is 5.81. The SMILES string of the molecule is Cc1cc(C)cc(-c2nn(C)c(N)c2CC(C)C)c1. The molecule has 0 saturated heterocycles. The Morgan fingerprint density at radius 3 is 2.26 bits per heavy atom. The number of nitrogens with zero attached hydrogens (tertiary/aromatic N) is 2. The molecule has 0 unspecified atom stereocenters. The van der Waals surface area contributed by atoms with Crippen molar-refractivity contribution in [3.63, 3.8) is 0 Å². The summed E-state index contributed by atoms with van der Waals surface area (Å²) in [6, 6.07) is 6.54. The van der Waals surface area contributed by atoms with Crippen LogP contribution in [0.4, 0.5) is 5.82 Å². The molecule has 0 radical (unpaired) electrons. The molecule has 3 heteroatoms. The van der Waals surface area contributed by atoms with Crippen LogP contribution in [0.3, 0.4) is 0 Å². The molecule has 19 heavy (non-hydrogen) atoms. The monoisotopic (exact) mass is 257 g/mol. The van der Waals surface area contributed by atoms with E-state index in [4.69, 9.17) is 5.73 Å². The van der Waals surface area contributed by atoms with Crippen LogP contribution in [0.25, 0.3) is 11.3 Å². The summed E-state index contributed by atoms with van der Waals surface area (Å²) in [5.74, 6) is 1.35. The average molecular weight is 257 g/mol. The quantitative estimate of drug-likeness (QED) is 0.914. The van der Waals surface area contributed by atoms with Crippen molar-refractivity contribution in [3.8, 4) is 11.3 Å². The normalized spacial score (nSPS) is 11.3. The van der Waals surface area contributed by atoms with E-state index >= 15 is 0 Å². The van der Waals surface area contributed by atoms with Gasteiger partial charge < -0.3 is 5.73 Å². The number of nitrogen functional groups attached to an aromatic ring is 1. The topological polar surface area (TPSA) is 43.8 Å². The highest BCUT2D eigenvalue weighted by atomic mass is 15.3. The Labute approximate surface area is 115 Å². The minimum Gasteiger partial charge on any atom is -0.384 e. The van der Waals surface area contributed by atoms with E-state index in [1.807, 2.05) is 7.05 Å². The lowest BCUT2D eigenvalue weighted by Gasteiger charge is -2.08. The Kier molecular flexibility index (Phi) is 3.65. The lowest BCUT2D eigenvalue weighted by Crippen LogP contribution is -2.02. The molecule has 3 nitrogen and oxygen atoms in total. The summed E-state index contributed by atoms with van der Waals surface area (Å²) in [6.45, 7) is 8.64. The molecule has 1 heterocycles. The fraction of sp³-hybridized carbons (Fsp3) is 0.438. The molecule has 0 aliphatic rings. The molecular weight excluding hydrogens is 234 g/mol. The molecule has 0 bridgehead atoms. The van der Waals surface area contributed by atoms with Gasteiger partial charge in [-0.25, -0.2) is 0 Å². The Morgan fingerprint density at radius 1 is 1.16 bits per heavy atom. The lowest BCUT2D eigenvalue weighted by atomic mass is 9.97. The minimum atomic E-state index is 0.566. The van der Waals surface area contributed by atoms with Crippen LogP contribution in [0.2, 0.25) is 0 Å². The largest absolute Gasteiger partial charge is 0.384 e. The van der Waals surface area contributed by atoms with Crippen molar-refractivity contribution in [2.75, 3.05) is 5.73 Å². The first-order valence-electron chi connectivity index (χ1n) is 6.78. The summed E-state index contributed by atoms with van der Waals surface area (Å²) in [5.41, 5.74) is 12.0. The van der Waals surface area contributed by atoms with E-state index in [9.17, 15) is 0 Å². The molecule has 0 aliphatic carbocycles. The van der Waals surface area contributed by atoms with Gasteiger partial charge in [0.15, 0.2) is 0 Å². The van der Waals surface area contributed by atoms with E-state index in [1.54, 1.807) is 4.68 Å². The van der Waals surface area contributed by atoms with Crippen molar-refractivity contribution in [2.45, 2.75) is 34.1 Å². The molecule has 0 saturated carbocycles. The highest BCUT2D eigenvalue weighted by molar-refractivity contribution is 5.69. The molecular formula is C16H23N3. The standard InChI is InChI=1S/C16H23N3/c1-10(2)6-14-15(18-19(5)16(14)17)13-8-11(3)7-12(4)9-13/h7-10H,6,17H2,1-5H3.